The molecule has 0 atom stereocenters. The first-order valence-electron chi connectivity index (χ1n) is 7.70. The van der Waals surface area contributed by atoms with E-state index in [-0.39, 0.29) is 36.5 Å². The molecule has 0 aromatic heterocycles. The molecular weight excluding hydrogens is 338 g/mol. The van der Waals surface area contributed by atoms with Crippen molar-refractivity contribution in [3.63, 3.8) is 0 Å². The zero-order valence-corrected chi connectivity index (χ0v) is 15.2. The maximum absolute atomic E-state index is 13.3. The summed E-state index contributed by atoms with van der Waals surface area (Å²) >= 11 is 0. The molecule has 0 aliphatic heterocycles. The molecule has 0 saturated carbocycles. The van der Waals surface area contributed by atoms with Crippen LogP contribution in [0.5, 0.6) is 0 Å². The van der Waals surface area contributed by atoms with Crippen LogP contribution >= 0.6 is 0 Å². The number of amides is 1. The van der Waals surface area contributed by atoms with Crippen LogP contribution < -0.4 is 9.62 Å². The van der Waals surface area contributed by atoms with Crippen LogP contribution in [0, 0.1) is 11.6 Å². The molecule has 1 aromatic carbocycles. The average molecular weight is 362 g/mol. The molecule has 24 heavy (non-hydrogen) atoms. The Morgan fingerprint density at radius 3 is 2.38 bits per heavy atom. The smallest absolute Gasteiger partial charge is 0.232 e. The molecule has 0 bridgehead atoms. The van der Waals surface area contributed by atoms with Crippen molar-refractivity contribution in [2.45, 2.75) is 45.6 Å². The van der Waals surface area contributed by atoms with Crippen molar-refractivity contribution in [1.82, 2.24) is 5.32 Å². The van der Waals surface area contributed by atoms with Gasteiger partial charge in [0, 0.05) is 24.6 Å². The molecule has 0 radical (unpaired) electrons. The second-order valence-electron chi connectivity index (χ2n) is 6.32. The molecule has 0 saturated heterocycles. The monoisotopic (exact) mass is 362 g/mol. The van der Waals surface area contributed by atoms with E-state index in [9.17, 15) is 22.0 Å². The van der Waals surface area contributed by atoms with Crippen molar-refractivity contribution in [1.29, 1.82) is 0 Å². The number of anilines is 1. The molecule has 1 rings (SSSR count). The van der Waals surface area contributed by atoms with E-state index in [2.05, 4.69) is 5.32 Å². The minimum atomic E-state index is -3.67. The third-order valence-electron chi connectivity index (χ3n) is 3.72. The fourth-order valence-corrected chi connectivity index (χ4v) is 3.00. The quantitative estimate of drug-likeness (QED) is 0.773. The molecular formula is C16H24F2N2O3S. The van der Waals surface area contributed by atoms with Crippen LogP contribution in [0.1, 0.15) is 40.0 Å². The molecule has 0 unspecified atom stereocenters. The normalized spacial score (nSPS) is 12.1. The lowest BCUT2D eigenvalue weighted by atomic mass is 10.0. The van der Waals surface area contributed by atoms with Gasteiger partial charge >= 0.3 is 0 Å². The molecule has 0 aliphatic carbocycles. The maximum Gasteiger partial charge on any atom is 0.232 e. The van der Waals surface area contributed by atoms with Gasteiger partial charge in [0.1, 0.15) is 0 Å². The van der Waals surface area contributed by atoms with Crippen LogP contribution in [0.15, 0.2) is 18.2 Å². The molecule has 5 nitrogen and oxygen atoms in total. The zero-order valence-electron chi connectivity index (χ0n) is 14.4. The van der Waals surface area contributed by atoms with Crippen LogP contribution in [-0.2, 0) is 14.8 Å². The second kappa shape index (κ2) is 7.92. The van der Waals surface area contributed by atoms with Crippen molar-refractivity contribution >= 4 is 21.6 Å². The van der Waals surface area contributed by atoms with Gasteiger partial charge in [0.2, 0.25) is 15.9 Å². The second-order valence-corrected chi connectivity index (χ2v) is 8.23. The molecule has 0 heterocycles. The predicted molar refractivity (Wildman–Crippen MR) is 90.3 cm³/mol. The van der Waals surface area contributed by atoms with Crippen molar-refractivity contribution in [3.8, 4) is 0 Å². The van der Waals surface area contributed by atoms with Crippen molar-refractivity contribution in [2.24, 2.45) is 0 Å². The number of sulfonamides is 1. The Hall–Kier alpha value is -1.70. The Labute approximate surface area is 142 Å². The van der Waals surface area contributed by atoms with Gasteiger partial charge in [0.25, 0.3) is 0 Å². The maximum atomic E-state index is 13.3. The first kappa shape index (κ1) is 20.3. The van der Waals surface area contributed by atoms with Gasteiger partial charge in [-0.25, -0.2) is 17.2 Å². The van der Waals surface area contributed by atoms with E-state index >= 15 is 0 Å². The first-order valence-corrected chi connectivity index (χ1v) is 9.55. The fourth-order valence-electron chi connectivity index (χ4n) is 2.04. The van der Waals surface area contributed by atoms with E-state index in [1.807, 2.05) is 20.8 Å². The topological polar surface area (TPSA) is 66.5 Å². The lowest BCUT2D eigenvalue weighted by Crippen LogP contribution is -2.43. The van der Waals surface area contributed by atoms with E-state index in [0.717, 1.165) is 29.1 Å². The highest BCUT2D eigenvalue weighted by atomic mass is 32.2. The number of hydrogen-bond acceptors (Lipinski definition) is 3. The van der Waals surface area contributed by atoms with Gasteiger partial charge in [-0.2, -0.15) is 0 Å². The Morgan fingerprint density at radius 2 is 1.88 bits per heavy atom. The summed E-state index contributed by atoms with van der Waals surface area (Å²) in [5.74, 6) is -2.35. The van der Waals surface area contributed by atoms with Crippen molar-refractivity contribution in [2.75, 3.05) is 17.1 Å². The Bertz CT molecular complexity index is 691. The van der Waals surface area contributed by atoms with E-state index in [1.165, 1.54) is 6.07 Å². The van der Waals surface area contributed by atoms with Gasteiger partial charge in [-0.05, 0) is 38.8 Å². The fraction of sp³-hybridized carbons (Fsp3) is 0.562. The van der Waals surface area contributed by atoms with Gasteiger partial charge in [-0.15, -0.1) is 0 Å². The minimum Gasteiger partial charge on any atom is -0.351 e. The summed E-state index contributed by atoms with van der Waals surface area (Å²) in [6, 6.07) is 2.90. The number of carbonyl (C=O) groups excluding carboxylic acids is 1. The Balaban J connectivity index is 2.76. The van der Waals surface area contributed by atoms with Crippen LogP contribution in [0.2, 0.25) is 0 Å². The number of nitrogens with one attached hydrogen (secondary N) is 1. The summed E-state index contributed by atoms with van der Waals surface area (Å²) in [5.41, 5.74) is -0.293. The molecule has 1 amide bonds. The molecule has 1 aromatic rings. The predicted octanol–water partition coefficient (Wildman–Crippen LogP) is 2.82. The molecule has 0 fully saturated rings. The lowest BCUT2D eigenvalue weighted by Gasteiger charge is -2.25. The van der Waals surface area contributed by atoms with Gasteiger partial charge in [0.15, 0.2) is 11.6 Å². The number of nitrogens with zero attached hydrogens (tertiary/aromatic N) is 1. The van der Waals surface area contributed by atoms with Crippen LogP contribution in [0.3, 0.4) is 0 Å². The van der Waals surface area contributed by atoms with Crippen molar-refractivity contribution < 1.29 is 22.0 Å². The third kappa shape index (κ3) is 6.07. The van der Waals surface area contributed by atoms with E-state index in [1.54, 1.807) is 0 Å². The number of rotatable bonds is 8. The molecule has 8 heteroatoms. The van der Waals surface area contributed by atoms with Gasteiger partial charge in [-0.3, -0.25) is 9.10 Å². The van der Waals surface area contributed by atoms with E-state index in [4.69, 9.17) is 0 Å². The summed E-state index contributed by atoms with van der Waals surface area (Å²) in [6.07, 6.45) is 2.15. The standard InChI is InChI=1S/C16H24F2N2O3S/c1-5-16(2,3)19-15(21)7-6-10-20(24(4,22)23)12-8-9-13(17)14(18)11-12/h8-9,11H,5-7,10H2,1-4H3,(H,19,21). The summed E-state index contributed by atoms with van der Waals surface area (Å²) in [6.45, 7) is 5.75. The van der Waals surface area contributed by atoms with Gasteiger partial charge in [-0.1, -0.05) is 6.92 Å². The minimum absolute atomic E-state index is 0.00385. The number of halogens is 2. The average Bonchev–Trinajstić information content (AvgIpc) is 2.45. The summed E-state index contributed by atoms with van der Waals surface area (Å²) < 4.78 is 51.1. The lowest BCUT2D eigenvalue weighted by molar-refractivity contribution is -0.122. The van der Waals surface area contributed by atoms with Crippen molar-refractivity contribution in [3.05, 3.63) is 29.8 Å². The Morgan fingerprint density at radius 1 is 1.25 bits per heavy atom. The number of carbonyl (C=O) groups is 1. The van der Waals surface area contributed by atoms with Crippen LogP contribution in [0.4, 0.5) is 14.5 Å². The van der Waals surface area contributed by atoms with Gasteiger partial charge in [0.05, 0.1) is 11.9 Å². The molecule has 1 N–H and O–H groups in total. The highest BCUT2D eigenvalue weighted by molar-refractivity contribution is 7.92. The number of hydrogen-bond donors (Lipinski definition) is 1. The van der Waals surface area contributed by atoms with Gasteiger partial charge < -0.3 is 5.32 Å². The summed E-state index contributed by atoms with van der Waals surface area (Å²) in [7, 11) is -3.67. The van der Waals surface area contributed by atoms with Crippen LogP contribution in [0.25, 0.3) is 0 Å². The zero-order chi connectivity index (χ0) is 18.5. The summed E-state index contributed by atoms with van der Waals surface area (Å²) in [4.78, 5) is 11.9. The largest absolute Gasteiger partial charge is 0.351 e. The third-order valence-corrected chi connectivity index (χ3v) is 4.91. The molecule has 0 aliphatic rings. The van der Waals surface area contributed by atoms with E-state index in [0.29, 0.717) is 0 Å². The Kier molecular flexibility index (Phi) is 6.71. The molecule has 136 valence electrons. The summed E-state index contributed by atoms with van der Waals surface area (Å²) in [5, 5.41) is 2.86. The SMILES string of the molecule is CCC(C)(C)NC(=O)CCCN(c1ccc(F)c(F)c1)S(C)(=O)=O. The highest BCUT2D eigenvalue weighted by Gasteiger charge is 2.21. The van der Waals surface area contributed by atoms with E-state index < -0.39 is 21.7 Å². The first-order chi connectivity index (χ1) is 11.0. The van der Waals surface area contributed by atoms with Crippen LogP contribution in [-0.4, -0.2) is 32.7 Å². The number of benzene rings is 1. The molecule has 0 spiro atoms. The highest BCUT2D eigenvalue weighted by Crippen LogP contribution is 2.21.